The van der Waals surface area contributed by atoms with Gasteiger partial charge in [-0.05, 0) is 78.1 Å². The Morgan fingerprint density at radius 3 is 1.66 bits per heavy atom. The van der Waals surface area contributed by atoms with Crippen molar-refractivity contribution < 1.29 is 43.0 Å². The summed E-state index contributed by atoms with van der Waals surface area (Å²) >= 11 is 0. The number of hydrogen-bond acceptors (Lipinski definition) is 10. The van der Waals surface area contributed by atoms with Gasteiger partial charge in [-0.15, -0.1) is 0 Å². The number of rotatable bonds is 9. The number of hydroxylamine groups is 2. The quantitative estimate of drug-likeness (QED) is 0.266. The van der Waals surface area contributed by atoms with Crippen molar-refractivity contribution in [3.63, 3.8) is 0 Å². The third-order valence-corrected chi connectivity index (χ3v) is 7.64. The van der Waals surface area contributed by atoms with Gasteiger partial charge in [0.25, 0.3) is 0 Å². The van der Waals surface area contributed by atoms with Crippen molar-refractivity contribution in [2.24, 2.45) is 23.2 Å². The number of hydrogen-bond donors (Lipinski definition) is 0. The Morgan fingerprint density at radius 2 is 1.23 bits per heavy atom. The fourth-order valence-electron chi connectivity index (χ4n) is 5.96. The molecule has 1 aliphatic heterocycles. The maximum absolute atomic E-state index is 12.8. The van der Waals surface area contributed by atoms with Crippen LogP contribution in [-0.2, 0) is 43.0 Å². The van der Waals surface area contributed by atoms with Crippen LogP contribution in [0.25, 0.3) is 0 Å². The van der Waals surface area contributed by atoms with Crippen molar-refractivity contribution in [2.45, 2.75) is 77.3 Å². The first-order valence-electron chi connectivity index (χ1n) is 12.1. The van der Waals surface area contributed by atoms with Gasteiger partial charge in [-0.25, -0.2) is 0 Å². The molecule has 0 aromatic heterocycles. The highest BCUT2D eigenvalue weighted by Gasteiger charge is 2.58. The highest BCUT2D eigenvalue weighted by atomic mass is 16.7. The average molecular weight is 500 g/mol. The Hall–Kier alpha value is -2.20. The van der Waals surface area contributed by atoms with Gasteiger partial charge in [-0.3, -0.25) is 24.0 Å². The lowest BCUT2D eigenvalue weighted by atomic mass is 9.82. The molecule has 10 nitrogen and oxygen atoms in total. The minimum atomic E-state index is -1.55. The predicted molar refractivity (Wildman–Crippen MR) is 125 cm³/mol. The summed E-state index contributed by atoms with van der Waals surface area (Å²) in [7, 11) is 4.83. The molecule has 0 bridgehead atoms. The molecule has 10 heteroatoms. The number of carbonyl (C=O) groups is 4. The molecule has 0 N–H and O–H groups in total. The minimum Gasteiger partial charge on any atom is -0.468 e. The van der Waals surface area contributed by atoms with Crippen LogP contribution in [-0.4, -0.2) is 75.1 Å². The molecule has 0 aromatic carbocycles. The van der Waals surface area contributed by atoms with Crippen LogP contribution >= 0.6 is 0 Å². The van der Waals surface area contributed by atoms with Crippen LogP contribution in [0.1, 0.15) is 66.2 Å². The third kappa shape index (κ3) is 5.97. The Kier molecular flexibility index (Phi) is 9.33. The molecule has 2 rings (SSSR count). The lowest BCUT2D eigenvalue weighted by Gasteiger charge is -2.51. The van der Waals surface area contributed by atoms with Crippen LogP contribution < -0.4 is 0 Å². The summed E-state index contributed by atoms with van der Waals surface area (Å²) in [5.41, 5.74) is -1.97. The Labute approximate surface area is 207 Å². The number of nitrogens with zero attached hydrogens (tertiary/aromatic N) is 1. The van der Waals surface area contributed by atoms with Gasteiger partial charge in [-0.1, -0.05) is 0 Å². The molecule has 2 unspecified atom stereocenters. The van der Waals surface area contributed by atoms with E-state index in [2.05, 4.69) is 27.7 Å². The molecular weight excluding hydrogens is 458 g/mol. The molecule has 0 amide bonds. The summed E-state index contributed by atoms with van der Waals surface area (Å²) in [5.74, 6) is -4.81. The number of piperidine rings is 1. The molecule has 0 aromatic rings. The summed E-state index contributed by atoms with van der Waals surface area (Å²) in [6, 6.07) is 0. The molecule has 35 heavy (non-hydrogen) atoms. The number of ether oxygens (including phenoxy) is 4. The third-order valence-electron chi connectivity index (χ3n) is 7.64. The number of carbonyl (C=O) groups excluding carboxylic acids is 4. The molecule has 1 saturated carbocycles. The smallest absolute Gasteiger partial charge is 0.323 e. The van der Waals surface area contributed by atoms with Crippen LogP contribution in [0, 0.1) is 23.2 Å². The molecule has 0 radical (unpaired) electrons. The first kappa shape index (κ1) is 29.0. The van der Waals surface area contributed by atoms with E-state index in [1.807, 2.05) is 5.06 Å². The van der Waals surface area contributed by atoms with Crippen molar-refractivity contribution in [3.05, 3.63) is 0 Å². The standard InChI is InChI=1S/C25H41NO9/c1-23(2)10-9-11-24(3,4)26(23)35-15-17-14-25(21(29)33-7,22(30)34-8)13-16(17)12-18(19(27)31-5)20(28)32-6/h16-18H,9-15H2,1-8H3. The zero-order chi connectivity index (χ0) is 26.6. The van der Waals surface area contributed by atoms with E-state index in [0.29, 0.717) is 0 Å². The fraction of sp³-hybridized carbons (Fsp3) is 0.840. The van der Waals surface area contributed by atoms with Crippen molar-refractivity contribution in [3.8, 4) is 0 Å². The molecule has 2 aliphatic rings. The predicted octanol–water partition coefficient (Wildman–Crippen LogP) is 2.67. The summed E-state index contributed by atoms with van der Waals surface area (Å²) in [6.07, 6.45) is 3.21. The maximum atomic E-state index is 12.8. The molecular formula is C25H41NO9. The second-order valence-corrected chi connectivity index (χ2v) is 10.9. The topological polar surface area (TPSA) is 118 Å². The highest BCUT2D eigenvalue weighted by Crippen LogP contribution is 2.50. The Balaban J connectivity index is 2.39. The summed E-state index contributed by atoms with van der Waals surface area (Å²) in [6.45, 7) is 8.69. The van der Waals surface area contributed by atoms with E-state index in [9.17, 15) is 19.2 Å². The lowest BCUT2D eigenvalue weighted by Crippen LogP contribution is -2.58. The zero-order valence-corrected chi connectivity index (χ0v) is 22.3. The Bertz CT molecular complexity index is 759. The van der Waals surface area contributed by atoms with E-state index >= 15 is 0 Å². The van der Waals surface area contributed by atoms with Crippen LogP contribution in [0.3, 0.4) is 0 Å². The SMILES string of the molecule is COC(=O)C(CC1CC(C(=O)OC)(C(=O)OC)CC1CON1C(C)(C)CCCC1(C)C)C(=O)OC. The normalized spacial score (nSPS) is 25.1. The molecule has 1 heterocycles. The molecule has 2 fully saturated rings. The molecule has 0 spiro atoms. The van der Waals surface area contributed by atoms with E-state index in [1.165, 1.54) is 28.4 Å². The monoisotopic (exact) mass is 499 g/mol. The van der Waals surface area contributed by atoms with Gasteiger partial charge in [0.15, 0.2) is 11.3 Å². The van der Waals surface area contributed by atoms with Crippen molar-refractivity contribution in [1.82, 2.24) is 5.06 Å². The van der Waals surface area contributed by atoms with Crippen molar-refractivity contribution in [1.29, 1.82) is 0 Å². The molecule has 1 aliphatic carbocycles. The van der Waals surface area contributed by atoms with E-state index in [1.54, 1.807) is 0 Å². The van der Waals surface area contributed by atoms with Crippen LogP contribution in [0.2, 0.25) is 0 Å². The van der Waals surface area contributed by atoms with Gasteiger partial charge in [-0.2, -0.15) is 5.06 Å². The minimum absolute atomic E-state index is 0.0376. The second kappa shape index (κ2) is 11.2. The van der Waals surface area contributed by atoms with E-state index in [0.717, 1.165) is 19.3 Å². The van der Waals surface area contributed by atoms with Gasteiger partial charge in [0.2, 0.25) is 0 Å². The van der Waals surface area contributed by atoms with Crippen molar-refractivity contribution in [2.75, 3.05) is 35.0 Å². The number of esters is 4. The van der Waals surface area contributed by atoms with Crippen LogP contribution in [0.4, 0.5) is 0 Å². The fourth-order valence-corrected chi connectivity index (χ4v) is 5.96. The first-order chi connectivity index (χ1) is 16.3. The molecule has 1 saturated heterocycles. The number of methoxy groups -OCH3 is 4. The summed E-state index contributed by atoms with van der Waals surface area (Å²) < 4.78 is 19.6. The van der Waals surface area contributed by atoms with E-state index in [-0.39, 0.29) is 42.9 Å². The zero-order valence-electron chi connectivity index (χ0n) is 22.3. The van der Waals surface area contributed by atoms with Gasteiger partial charge in [0.1, 0.15) is 0 Å². The van der Waals surface area contributed by atoms with Crippen molar-refractivity contribution >= 4 is 23.9 Å². The van der Waals surface area contributed by atoms with Crippen LogP contribution in [0.15, 0.2) is 0 Å². The van der Waals surface area contributed by atoms with Gasteiger partial charge in [0.05, 0.1) is 35.0 Å². The first-order valence-corrected chi connectivity index (χ1v) is 12.1. The maximum Gasteiger partial charge on any atom is 0.323 e. The Morgan fingerprint density at radius 1 is 0.771 bits per heavy atom. The van der Waals surface area contributed by atoms with Gasteiger partial charge in [0, 0.05) is 11.1 Å². The summed E-state index contributed by atoms with van der Waals surface area (Å²) in [5, 5.41) is 2.01. The largest absolute Gasteiger partial charge is 0.468 e. The lowest BCUT2D eigenvalue weighted by molar-refractivity contribution is -0.287. The summed E-state index contributed by atoms with van der Waals surface area (Å²) in [4.78, 5) is 56.9. The highest BCUT2D eigenvalue weighted by molar-refractivity contribution is 6.00. The van der Waals surface area contributed by atoms with Gasteiger partial charge < -0.3 is 18.9 Å². The second-order valence-electron chi connectivity index (χ2n) is 10.9. The average Bonchev–Trinajstić information content (AvgIpc) is 3.18. The van der Waals surface area contributed by atoms with E-state index in [4.69, 9.17) is 23.8 Å². The molecule has 200 valence electrons. The van der Waals surface area contributed by atoms with Gasteiger partial charge >= 0.3 is 23.9 Å². The van der Waals surface area contributed by atoms with E-state index < -0.39 is 41.1 Å². The van der Waals surface area contributed by atoms with Crippen LogP contribution in [0.5, 0.6) is 0 Å². The molecule has 2 atom stereocenters.